The number of aryl methyl sites for hydroxylation is 1. The van der Waals surface area contributed by atoms with E-state index in [0.717, 1.165) is 18.4 Å². The molecule has 0 radical (unpaired) electrons. The molecule has 0 saturated carbocycles. The molecule has 1 fully saturated rings. The van der Waals surface area contributed by atoms with Crippen molar-refractivity contribution in [1.29, 1.82) is 0 Å². The van der Waals surface area contributed by atoms with Gasteiger partial charge in [-0.3, -0.25) is 4.79 Å². The van der Waals surface area contributed by atoms with Gasteiger partial charge in [0.15, 0.2) is 0 Å². The summed E-state index contributed by atoms with van der Waals surface area (Å²) >= 11 is 0. The van der Waals surface area contributed by atoms with Crippen LogP contribution in [0.3, 0.4) is 0 Å². The van der Waals surface area contributed by atoms with E-state index < -0.39 is 0 Å². The fourth-order valence-electron chi connectivity index (χ4n) is 2.70. The first-order chi connectivity index (χ1) is 11.0. The molecule has 0 spiro atoms. The molecule has 5 nitrogen and oxygen atoms in total. The number of nitrogens with one attached hydrogen (secondary N) is 1. The minimum Gasteiger partial charge on any atom is -0.368 e. The van der Waals surface area contributed by atoms with Gasteiger partial charge in [-0.15, -0.1) is 0 Å². The quantitative estimate of drug-likeness (QED) is 0.943. The van der Waals surface area contributed by atoms with Crippen molar-refractivity contribution < 1.29 is 13.9 Å². The average molecular weight is 317 g/mol. The zero-order chi connectivity index (χ0) is 16.4. The molecule has 0 unspecified atom stereocenters. The van der Waals surface area contributed by atoms with Gasteiger partial charge in [0.25, 0.3) is 0 Å². The number of hydrogen-bond acceptors (Lipinski definition) is 3. The van der Waals surface area contributed by atoms with Gasteiger partial charge in [-0.2, -0.15) is 5.10 Å². The van der Waals surface area contributed by atoms with E-state index in [1.807, 2.05) is 13.8 Å². The number of rotatable bonds is 4. The number of aromatic nitrogens is 2. The van der Waals surface area contributed by atoms with Crippen LogP contribution in [0.4, 0.5) is 4.39 Å². The molecule has 1 aromatic heterocycles. The first-order valence-corrected chi connectivity index (χ1v) is 7.77. The van der Waals surface area contributed by atoms with Crippen LogP contribution >= 0.6 is 0 Å². The lowest BCUT2D eigenvalue weighted by molar-refractivity contribution is -0.130. The lowest BCUT2D eigenvalue weighted by Crippen LogP contribution is -2.35. The Morgan fingerprint density at radius 3 is 2.96 bits per heavy atom. The standard InChI is InChI=1S/C17H20FN3O2/c1-11-9-19-21(10-11)15-6-5-13(8-14(15)18)12(2)20-17(22)16-4-3-7-23-16/h5-6,8-10,12,16H,3-4,7H2,1-2H3,(H,20,22)/t12-,16-/m0/s1. The van der Waals surface area contributed by atoms with E-state index in [-0.39, 0.29) is 23.9 Å². The number of ether oxygens (including phenoxy) is 1. The second-order valence-electron chi connectivity index (χ2n) is 5.91. The van der Waals surface area contributed by atoms with Crippen LogP contribution in [0.5, 0.6) is 0 Å². The number of carbonyl (C=O) groups is 1. The largest absolute Gasteiger partial charge is 0.368 e. The molecule has 1 amide bonds. The second kappa shape index (κ2) is 6.50. The van der Waals surface area contributed by atoms with Gasteiger partial charge in [-0.25, -0.2) is 9.07 Å². The summed E-state index contributed by atoms with van der Waals surface area (Å²) in [5, 5.41) is 6.99. The smallest absolute Gasteiger partial charge is 0.249 e. The van der Waals surface area contributed by atoms with Crippen LogP contribution < -0.4 is 5.32 Å². The van der Waals surface area contributed by atoms with Crippen LogP contribution in [0.15, 0.2) is 30.6 Å². The highest BCUT2D eigenvalue weighted by molar-refractivity contribution is 5.81. The molecule has 1 aliphatic heterocycles. The zero-order valence-electron chi connectivity index (χ0n) is 13.3. The van der Waals surface area contributed by atoms with Crippen molar-refractivity contribution in [2.24, 2.45) is 0 Å². The molecule has 3 rings (SSSR count). The lowest BCUT2D eigenvalue weighted by Gasteiger charge is -2.18. The van der Waals surface area contributed by atoms with Crippen molar-refractivity contribution in [3.05, 3.63) is 47.5 Å². The molecule has 1 N–H and O–H groups in total. The van der Waals surface area contributed by atoms with Crippen molar-refractivity contribution >= 4 is 5.91 Å². The van der Waals surface area contributed by atoms with Gasteiger partial charge in [-0.05, 0) is 49.9 Å². The molecule has 1 aromatic carbocycles. The van der Waals surface area contributed by atoms with Crippen molar-refractivity contribution in [3.8, 4) is 5.69 Å². The van der Waals surface area contributed by atoms with Gasteiger partial charge in [0.2, 0.25) is 5.91 Å². The van der Waals surface area contributed by atoms with Gasteiger partial charge >= 0.3 is 0 Å². The van der Waals surface area contributed by atoms with Crippen LogP contribution in [0.2, 0.25) is 0 Å². The molecule has 6 heteroatoms. The van der Waals surface area contributed by atoms with Crippen LogP contribution in [0.25, 0.3) is 5.69 Å². The molecule has 0 bridgehead atoms. The fourth-order valence-corrected chi connectivity index (χ4v) is 2.70. The van der Waals surface area contributed by atoms with E-state index >= 15 is 0 Å². The molecule has 0 aliphatic carbocycles. The number of amides is 1. The minimum absolute atomic E-state index is 0.137. The molecule has 122 valence electrons. The maximum absolute atomic E-state index is 14.3. The van der Waals surface area contributed by atoms with Crippen molar-refractivity contribution in [1.82, 2.24) is 15.1 Å². The number of hydrogen-bond donors (Lipinski definition) is 1. The third-order valence-electron chi connectivity index (χ3n) is 4.01. The molecule has 1 saturated heterocycles. The first-order valence-electron chi connectivity index (χ1n) is 7.77. The highest BCUT2D eigenvalue weighted by Gasteiger charge is 2.25. The van der Waals surface area contributed by atoms with Gasteiger partial charge in [0, 0.05) is 12.8 Å². The van der Waals surface area contributed by atoms with Crippen LogP contribution in [-0.4, -0.2) is 28.4 Å². The molecular weight excluding hydrogens is 297 g/mol. The van der Waals surface area contributed by atoms with E-state index in [0.29, 0.717) is 17.9 Å². The Morgan fingerprint density at radius 1 is 1.52 bits per heavy atom. The summed E-state index contributed by atoms with van der Waals surface area (Å²) in [6, 6.07) is 4.63. The monoisotopic (exact) mass is 317 g/mol. The third kappa shape index (κ3) is 3.42. The Morgan fingerprint density at radius 2 is 2.35 bits per heavy atom. The van der Waals surface area contributed by atoms with E-state index in [2.05, 4.69) is 10.4 Å². The van der Waals surface area contributed by atoms with Crippen molar-refractivity contribution in [2.45, 2.75) is 38.8 Å². The Balaban J connectivity index is 1.72. The Kier molecular flexibility index (Phi) is 4.43. The van der Waals surface area contributed by atoms with Crippen molar-refractivity contribution in [2.75, 3.05) is 6.61 Å². The van der Waals surface area contributed by atoms with Gasteiger partial charge in [0.1, 0.15) is 17.6 Å². The molecule has 1 aliphatic rings. The summed E-state index contributed by atoms with van der Waals surface area (Å²) < 4.78 is 21.2. The first kappa shape index (κ1) is 15.7. The highest BCUT2D eigenvalue weighted by Crippen LogP contribution is 2.20. The molecule has 23 heavy (non-hydrogen) atoms. The fraction of sp³-hybridized carbons (Fsp3) is 0.412. The number of halogens is 1. The number of benzene rings is 1. The van der Waals surface area contributed by atoms with E-state index in [1.54, 1.807) is 24.5 Å². The summed E-state index contributed by atoms with van der Waals surface area (Å²) in [6.45, 7) is 4.36. The second-order valence-corrected chi connectivity index (χ2v) is 5.91. The SMILES string of the molecule is Cc1cnn(-c2ccc([C@H](C)NC(=O)[C@@H]3CCCO3)cc2F)c1. The third-order valence-corrected chi connectivity index (χ3v) is 4.01. The van der Waals surface area contributed by atoms with Crippen LogP contribution in [0.1, 0.15) is 36.9 Å². The lowest BCUT2D eigenvalue weighted by atomic mass is 10.1. The maximum Gasteiger partial charge on any atom is 0.249 e. The summed E-state index contributed by atoms with van der Waals surface area (Å²) in [4.78, 5) is 12.1. The van der Waals surface area contributed by atoms with Crippen LogP contribution in [0, 0.1) is 12.7 Å². The van der Waals surface area contributed by atoms with Gasteiger partial charge < -0.3 is 10.1 Å². The summed E-state index contributed by atoms with van der Waals surface area (Å²) in [5.74, 6) is -0.508. The van der Waals surface area contributed by atoms with Gasteiger partial charge in [0.05, 0.1) is 12.2 Å². The van der Waals surface area contributed by atoms with Crippen molar-refractivity contribution in [3.63, 3.8) is 0 Å². The predicted octanol–water partition coefficient (Wildman–Crippen LogP) is 2.68. The predicted molar refractivity (Wildman–Crippen MR) is 83.8 cm³/mol. The van der Waals surface area contributed by atoms with Gasteiger partial charge in [-0.1, -0.05) is 6.07 Å². The molecule has 2 aromatic rings. The Bertz CT molecular complexity index is 708. The topological polar surface area (TPSA) is 56.2 Å². The summed E-state index contributed by atoms with van der Waals surface area (Å²) in [5.41, 5.74) is 2.06. The molecule has 2 atom stereocenters. The maximum atomic E-state index is 14.3. The van der Waals surface area contributed by atoms with E-state index in [1.165, 1.54) is 10.7 Å². The zero-order valence-corrected chi connectivity index (χ0v) is 13.3. The summed E-state index contributed by atoms with van der Waals surface area (Å²) in [7, 11) is 0. The normalized spacial score (nSPS) is 18.8. The van der Waals surface area contributed by atoms with E-state index in [9.17, 15) is 9.18 Å². The number of carbonyl (C=O) groups excluding carboxylic acids is 1. The Labute approximate surface area is 134 Å². The summed E-state index contributed by atoms with van der Waals surface area (Å²) in [6.07, 6.45) is 4.70. The molecule has 2 heterocycles. The minimum atomic E-state index is -0.381. The van der Waals surface area contributed by atoms with Crippen LogP contribution in [-0.2, 0) is 9.53 Å². The average Bonchev–Trinajstić information content (AvgIpc) is 3.18. The van der Waals surface area contributed by atoms with E-state index in [4.69, 9.17) is 4.74 Å². The Hall–Kier alpha value is -2.21. The highest BCUT2D eigenvalue weighted by atomic mass is 19.1. The number of nitrogens with zero attached hydrogens (tertiary/aromatic N) is 2. The molecular formula is C17H20FN3O2.